The number of H-pyrrole nitrogens is 1. The fourth-order valence-corrected chi connectivity index (χ4v) is 4.55. The van der Waals surface area contributed by atoms with E-state index in [1.165, 1.54) is 0 Å². The third-order valence-electron chi connectivity index (χ3n) is 6.85. The van der Waals surface area contributed by atoms with Gasteiger partial charge in [0, 0.05) is 34.3 Å². The number of carbonyl (C=O) groups excluding carboxylic acids is 3. The third kappa shape index (κ3) is 4.25. The van der Waals surface area contributed by atoms with E-state index in [1.807, 2.05) is 30.7 Å². The maximum Gasteiger partial charge on any atom is 0.269 e. The van der Waals surface area contributed by atoms with Gasteiger partial charge in [-0.25, -0.2) is 0 Å². The van der Waals surface area contributed by atoms with Gasteiger partial charge < -0.3 is 0 Å². The predicted molar refractivity (Wildman–Crippen MR) is 124 cm³/mol. The van der Waals surface area contributed by atoms with E-state index in [0.29, 0.717) is 28.6 Å². The molecule has 2 amide bonds. The smallest absolute Gasteiger partial charge is 0.269 e. The molecule has 1 heterocycles. The molecule has 33 heavy (non-hydrogen) atoms. The number of aromatic nitrogens is 3. The van der Waals surface area contributed by atoms with Crippen molar-refractivity contribution < 1.29 is 19.1 Å². The molecule has 4 rings (SSSR count). The molecule has 3 aromatic rings. The number of Topliss-reactive ketones (excluding diaryl/α,β-unsaturated/α-hetero) is 1. The van der Waals surface area contributed by atoms with E-state index in [4.69, 9.17) is 0 Å². The number of benzene rings is 2. The van der Waals surface area contributed by atoms with Crippen molar-refractivity contribution in [3.05, 3.63) is 58.7 Å². The number of hydrogen-bond acceptors (Lipinski definition) is 4. The molecule has 0 radical (unpaired) electrons. The second-order valence-corrected chi connectivity index (χ2v) is 9.14. The molecule has 0 unspecified atom stereocenters. The number of nitrogens with zero attached hydrogens (tertiary/aromatic N) is 2. The summed E-state index contributed by atoms with van der Waals surface area (Å²) in [5.74, 6) is -0.848. The maximum absolute atomic E-state index is 12.8. The van der Waals surface area contributed by atoms with Crippen LogP contribution in [-0.2, 0) is 6.42 Å². The van der Waals surface area contributed by atoms with E-state index in [2.05, 4.69) is 35.0 Å². The van der Waals surface area contributed by atoms with Crippen LogP contribution >= 0.6 is 0 Å². The summed E-state index contributed by atoms with van der Waals surface area (Å²) in [6.45, 7) is 8.31. The molecule has 8 nitrogen and oxygen atoms in total. The summed E-state index contributed by atoms with van der Waals surface area (Å²) < 4.78 is 1.90. The van der Waals surface area contributed by atoms with Crippen LogP contribution in [0.15, 0.2) is 36.4 Å². The lowest BCUT2D eigenvalue weighted by molar-refractivity contribution is -0.748. The summed E-state index contributed by atoms with van der Waals surface area (Å²) in [6.07, 6.45) is 3.24. The number of rotatable bonds is 5. The highest BCUT2D eigenvalue weighted by atomic mass is 16.2. The highest BCUT2D eigenvalue weighted by Gasteiger charge is 2.36. The number of carbonyl (C=O) groups is 3. The average molecular weight is 449 g/mol. The zero-order valence-corrected chi connectivity index (χ0v) is 19.5. The second-order valence-electron chi connectivity index (χ2n) is 9.14. The molecule has 0 spiro atoms. The van der Waals surface area contributed by atoms with Gasteiger partial charge >= 0.3 is 0 Å². The first kappa shape index (κ1) is 22.6. The van der Waals surface area contributed by atoms with Crippen molar-refractivity contribution in [2.75, 3.05) is 0 Å². The van der Waals surface area contributed by atoms with E-state index in [-0.39, 0.29) is 17.2 Å². The molecule has 1 aliphatic carbocycles. The van der Waals surface area contributed by atoms with Gasteiger partial charge in [-0.3, -0.25) is 25.2 Å². The first-order chi connectivity index (χ1) is 15.8. The minimum Gasteiger partial charge on any atom is -0.294 e. The molecule has 3 N–H and O–H groups in total. The molecular formula is C25H30N5O3+. The summed E-state index contributed by atoms with van der Waals surface area (Å²) in [5, 5.41) is 7.16. The average Bonchev–Trinajstić information content (AvgIpc) is 3.25. The number of hydrogen-bond donors (Lipinski definition) is 3. The molecule has 1 aliphatic rings. The van der Waals surface area contributed by atoms with E-state index in [9.17, 15) is 14.4 Å². The van der Waals surface area contributed by atoms with Gasteiger partial charge in [-0.15, -0.1) is 0 Å². The molecule has 1 aromatic heterocycles. The third-order valence-corrected chi connectivity index (χ3v) is 6.85. The molecular weight excluding hydrogens is 418 g/mol. The predicted octanol–water partition coefficient (Wildman–Crippen LogP) is 3.44. The van der Waals surface area contributed by atoms with Gasteiger partial charge in [0.1, 0.15) is 6.04 Å². The zero-order chi connectivity index (χ0) is 23.8. The van der Waals surface area contributed by atoms with Crippen molar-refractivity contribution >= 4 is 28.6 Å². The largest absolute Gasteiger partial charge is 0.294 e. The lowest BCUT2D eigenvalue weighted by Gasteiger charge is -2.36. The van der Waals surface area contributed by atoms with Crippen molar-refractivity contribution in [3.8, 4) is 0 Å². The lowest BCUT2D eigenvalue weighted by Crippen LogP contribution is -2.42. The number of aromatic amines is 1. The molecule has 0 atom stereocenters. The molecule has 0 aliphatic heterocycles. The Morgan fingerprint density at radius 2 is 1.67 bits per heavy atom. The lowest BCUT2D eigenvalue weighted by atomic mass is 9.68. The minimum absolute atomic E-state index is 0.00565. The maximum atomic E-state index is 12.8. The van der Waals surface area contributed by atoms with Crippen LogP contribution in [0.25, 0.3) is 11.0 Å². The Kier molecular flexibility index (Phi) is 6.01. The van der Waals surface area contributed by atoms with Crippen molar-refractivity contribution in [2.45, 2.75) is 59.4 Å². The van der Waals surface area contributed by atoms with E-state index >= 15 is 0 Å². The van der Waals surface area contributed by atoms with Crippen molar-refractivity contribution in [3.63, 3.8) is 0 Å². The first-order valence-corrected chi connectivity index (χ1v) is 11.4. The summed E-state index contributed by atoms with van der Waals surface area (Å²) >= 11 is 0. The summed E-state index contributed by atoms with van der Waals surface area (Å²) in [4.78, 5) is 38.0. The van der Waals surface area contributed by atoms with Crippen LogP contribution in [0.2, 0.25) is 0 Å². The zero-order valence-electron chi connectivity index (χ0n) is 19.5. The van der Waals surface area contributed by atoms with Crippen molar-refractivity contribution in [2.24, 2.45) is 5.41 Å². The standard InChI is InChI=1S/C25H29N5O3/c1-5-25(6-2)13-18-8-7-16(11-19(18)22(31)14-25)23(32)27-28-24(33)17-9-10-21-20(12-17)26-29-30(21)15(3)4/h7-12,15H,5-6,13-14H2,1-4H3,(H2,26,27,28,29,32,33)/p+1. The van der Waals surface area contributed by atoms with Crippen LogP contribution in [0, 0.1) is 5.41 Å². The van der Waals surface area contributed by atoms with Crippen molar-refractivity contribution in [1.82, 2.24) is 21.2 Å². The van der Waals surface area contributed by atoms with E-state index in [1.54, 1.807) is 24.3 Å². The molecule has 0 saturated heterocycles. The summed E-state index contributed by atoms with van der Waals surface area (Å²) in [7, 11) is 0. The molecule has 2 aromatic carbocycles. The topological polar surface area (TPSA) is 108 Å². The summed E-state index contributed by atoms with van der Waals surface area (Å²) in [6, 6.07) is 10.6. The normalized spacial score (nSPS) is 14.9. The minimum atomic E-state index is -0.472. The summed E-state index contributed by atoms with van der Waals surface area (Å²) in [5.41, 5.74) is 8.75. The van der Waals surface area contributed by atoms with Gasteiger partial charge in [0.15, 0.2) is 5.78 Å². The molecule has 172 valence electrons. The van der Waals surface area contributed by atoms with E-state index in [0.717, 1.165) is 30.3 Å². The SMILES string of the molecule is CCC1(CC)CC(=O)c2cc(C(=O)NNC(=O)c3ccc4c(c3)n[nH][n+]4C(C)C)ccc2C1. The van der Waals surface area contributed by atoms with Gasteiger partial charge in [0.2, 0.25) is 11.0 Å². The van der Waals surface area contributed by atoms with Gasteiger partial charge in [0.05, 0.1) is 0 Å². The fraction of sp³-hybridized carbons (Fsp3) is 0.400. The highest BCUT2D eigenvalue weighted by molar-refractivity contribution is 6.04. The van der Waals surface area contributed by atoms with Gasteiger partial charge in [0.25, 0.3) is 11.8 Å². The van der Waals surface area contributed by atoms with Crippen LogP contribution < -0.4 is 15.5 Å². The van der Waals surface area contributed by atoms with E-state index < -0.39 is 11.8 Å². The van der Waals surface area contributed by atoms with Crippen LogP contribution in [-0.4, -0.2) is 27.9 Å². The van der Waals surface area contributed by atoms with Crippen LogP contribution in [0.5, 0.6) is 0 Å². The first-order valence-electron chi connectivity index (χ1n) is 11.4. The van der Waals surface area contributed by atoms with Crippen LogP contribution in [0.4, 0.5) is 0 Å². The van der Waals surface area contributed by atoms with Gasteiger partial charge in [-0.2, -0.15) is 4.68 Å². The van der Waals surface area contributed by atoms with Gasteiger partial charge in [-0.1, -0.05) is 25.1 Å². The Balaban J connectivity index is 1.45. The Bertz CT molecular complexity index is 1240. The monoisotopic (exact) mass is 448 g/mol. The van der Waals surface area contributed by atoms with Crippen molar-refractivity contribution in [1.29, 1.82) is 0 Å². The Hall–Kier alpha value is -3.55. The molecule has 8 heteroatoms. The number of hydrazine groups is 1. The molecule has 0 saturated carbocycles. The fourth-order valence-electron chi connectivity index (χ4n) is 4.55. The molecule has 0 fully saturated rings. The molecule has 0 bridgehead atoms. The second kappa shape index (κ2) is 8.77. The highest BCUT2D eigenvalue weighted by Crippen LogP contribution is 2.41. The number of amides is 2. The Labute approximate surface area is 192 Å². The number of nitrogens with one attached hydrogen (secondary N) is 3. The Morgan fingerprint density at radius 1 is 1.03 bits per heavy atom. The number of fused-ring (bicyclic) bond motifs is 2. The van der Waals surface area contributed by atoms with Crippen LogP contribution in [0.1, 0.15) is 89.6 Å². The number of ketones is 1. The van der Waals surface area contributed by atoms with Crippen LogP contribution in [0.3, 0.4) is 0 Å². The quantitative estimate of drug-likeness (QED) is 0.410. The van der Waals surface area contributed by atoms with Gasteiger partial charge in [-0.05, 0) is 68.4 Å². The Morgan fingerprint density at radius 3 is 2.30 bits per heavy atom.